The zero-order valence-corrected chi connectivity index (χ0v) is 7.14. The Morgan fingerprint density at radius 2 is 2.08 bits per heavy atom. The molecule has 1 aromatic rings. The second kappa shape index (κ2) is 3.49. The molecule has 0 aromatic heterocycles. The lowest BCUT2D eigenvalue weighted by Gasteiger charge is -2.06. The molecule has 0 unspecified atom stereocenters. The Kier molecular flexibility index (Phi) is 2.18. The van der Waals surface area contributed by atoms with Crippen molar-refractivity contribution in [2.24, 2.45) is 0 Å². The molecule has 0 radical (unpaired) electrons. The van der Waals surface area contributed by atoms with Crippen LogP contribution in [0.3, 0.4) is 0 Å². The first-order chi connectivity index (χ1) is 5.97. The van der Waals surface area contributed by atoms with E-state index in [0.717, 1.165) is 26.4 Å². The molecule has 1 heteroatoms. The van der Waals surface area contributed by atoms with Gasteiger partial charge >= 0.3 is 0 Å². The summed E-state index contributed by atoms with van der Waals surface area (Å²) >= 11 is 0. The molecule has 1 aliphatic heterocycles. The van der Waals surface area contributed by atoms with Crippen LogP contribution in [-0.4, -0.2) is 7.28 Å². The van der Waals surface area contributed by atoms with Crippen LogP contribution in [0.2, 0.25) is 6.32 Å². The molecule has 0 fully saturated rings. The van der Waals surface area contributed by atoms with Crippen molar-refractivity contribution in [2.75, 3.05) is 0 Å². The van der Waals surface area contributed by atoms with Crippen LogP contribution in [0.25, 0.3) is 0 Å². The summed E-state index contributed by atoms with van der Waals surface area (Å²) < 4.78 is 0. The summed E-state index contributed by atoms with van der Waals surface area (Å²) in [6.45, 7) is 0. The molecule has 0 spiro atoms. The first-order valence-corrected chi connectivity index (χ1v) is 4.49. The Balaban J connectivity index is 2.32. The highest BCUT2D eigenvalue weighted by atomic mass is 14.0. The summed E-state index contributed by atoms with van der Waals surface area (Å²) in [7, 11) is 1.13. The minimum atomic E-state index is 1.02. The molecule has 0 bridgehead atoms. The smallest absolute Gasteiger partial charge is 0.111 e. The summed E-state index contributed by atoms with van der Waals surface area (Å²) in [4.78, 5) is 0. The van der Waals surface area contributed by atoms with Gasteiger partial charge in [-0.2, -0.15) is 0 Å². The van der Waals surface area contributed by atoms with Crippen molar-refractivity contribution in [2.45, 2.75) is 19.2 Å². The first kappa shape index (κ1) is 7.49. The summed E-state index contributed by atoms with van der Waals surface area (Å²) in [6.07, 6.45) is 3.18. The normalized spacial score (nSPS) is 14.3. The summed E-state index contributed by atoms with van der Waals surface area (Å²) in [5.74, 6) is 6.36. The maximum absolute atomic E-state index is 3.18. The molecule has 0 saturated carbocycles. The second-order valence-electron chi connectivity index (χ2n) is 3.12. The van der Waals surface area contributed by atoms with Gasteiger partial charge in [-0.1, -0.05) is 35.3 Å². The van der Waals surface area contributed by atoms with Crippen LogP contribution < -0.4 is 5.46 Å². The lowest BCUT2D eigenvalue weighted by atomic mass is 9.64. The Morgan fingerprint density at radius 1 is 1.17 bits per heavy atom. The van der Waals surface area contributed by atoms with E-state index in [0.29, 0.717) is 0 Å². The zero-order valence-electron chi connectivity index (χ0n) is 7.14. The van der Waals surface area contributed by atoms with Gasteiger partial charge in [0.25, 0.3) is 0 Å². The minimum absolute atomic E-state index is 1.02. The highest BCUT2D eigenvalue weighted by Gasteiger charge is 2.02. The fraction of sp³-hybridized carbons (Fsp3) is 0.273. The average molecular weight is 154 g/mol. The molecule has 1 aliphatic rings. The largest absolute Gasteiger partial charge is 0.171 e. The van der Waals surface area contributed by atoms with E-state index < -0.39 is 0 Å². The van der Waals surface area contributed by atoms with Crippen molar-refractivity contribution < 1.29 is 0 Å². The van der Waals surface area contributed by atoms with Crippen LogP contribution >= 0.6 is 0 Å². The third-order valence-electron chi connectivity index (χ3n) is 2.28. The summed E-state index contributed by atoms with van der Waals surface area (Å²) in [5.41, 5.74) is 2.98. The number of hydrogen-bond acceptors (Lipinski definition) is 0. The second-order valence-corrected chi connectivity index (χ2v) is 3.12. The maximum Gasteiger partial charge on any atom is 0.171 e. The maximum atomic E-state index is 3.18. The van der Waals surface area contributed by atoms with Crippen molar-refractivity contribution >= 4 is 12.7 Å². The van der Waals surface area contributed by atoms with Gasteiger partial charge in [0.1, 0.15) is 0 Å². The molecule has 0 atom stereocenters. The molecule has 0 saturated heterocycles. The van der Waals surface area contributed by atoms with Gasteiger partial charge in [0.2, 0.25) is 0 Å². The molecule has 0 amide bonds. The molecule has 0 nitrogen and oxygen atoms in total. The molecule has 0 N–H and O–H groups in total. The fourth-order valence-electron chi connectivity index (χ4n) is 1.62. The van der Waals surface area contributed by atoms with Crippen LogP contribution in [0, 0.1) is 11.8 Å². The van der Waals surface area contributed by atoms with Crippen LogP contribution in [0.15, 0.2) is 24.3 Å². The molecular weight excluding hydrogens is 143 g/mol. The third-order valence-corrected chi connectivity index (χ3v) is 2.28. The van der Waals surface area contributed by atoms with Crippen LogP contribution in [0.4, 0.5) is 0 Å². The van der Waals surface area contributed by atoms with Crippen molar-refractivity contribution in [3.05, 3.63) is 29.8 Å². The lowest BCUT2D eigenvalue weighted by molar-refractivity contribution is 1.03. The van der Waals surface area contributed by atoms with E-state index in [1.807, 2.05) is 0 Å². The topological polar surface area (TPSA) is 0 Å². The monoisotopic (exact) mass is 154 g/mol. The number of hydrogen-bond donors (Lipinski definition) is 0. The van der Waals surface area contributed by atoms with Crippen molar-refractivity contribution in [3.63, 3.8) is 0 Å². The highest BCUT2D eigenvalue weighted by Crippen LogP contribution is 2.02. The summed E-state index contributed by atoms with van der Waals surface area (Å²) in [6, 6.07) is 8.69. The van der Waals surface area contributed by atoms with E-state index in [1.54, 1.807) is 0 Å². The predicted molar refractivity (Wildman–Crippen MR) is 54.1 cm³/mol. The van der Waals surface area contributed by atoms with E-state index in [1.165, 1.54) is 11.0 Å². The van der Waals surface area contributed by atoms with Gasteiger partial charge in [0, 0.05) is 6.42 Å². The standard InChI is InChI=1S/C11H11B/c1-2-6-10-7-3-4-8-11(10)12-9-5-1/h3-4,7-8,12H,2,6,9H2. The van der Waals surface area contributed by atoms with E-state index in [-0.39, 0.29) is 0 Å². The van der Waals surface area contributed by atoms with Crippen molar-refractivity contribution in [1.29, 1.82) is 0 Å². The SMILES string of the molecule is B1CC#CCCc2ccccc21. The van der Waals surface area contributed by atoms with Gasteiger partial charge in [0.15, 0.2) is 7.28 Å². The van der Waals surface area contributed by atoms with Crippen molar-refractivity contribution in [3.8, 4) is 11.8 Å². The Hall–Kier alpha value is -1.16. The highest BCUT2D eigenvalue weighted by molar-refractivity contribution is 6.54. The van der Waals surface area contributed by atoms with Crippen LogP contribution in [0.1, 0.15) is 12.0 Å². The molecule has 2 rings (SSSR count). The fourth-order valence-corrected chi connectivity index (χ4v) is 1.62. The Bertz CT molecular complexity index is 299. The van der Waals surface area contributed by atoms with Crippen LogP contribution in [0.5, 0.6) is 0 Å². The number of benzene rings is 1. The van der Waals surface area contributed by atoms with Gasteiger partial charge in [-0.3, -0.25) is 0 Å². The van der Waals surface area contributed by atoms with Crippen LogP contribution in [-0.2, 0) is 6.42 Å². The average Bonchev–Trinajstić information content (AvgIpc) is 2.06. The quantitative estimate of drug-likeness (QED) is 0.388. The molecule has 12 heavy (non-hydrogen) atoms. The van der Waals surface area contributed by atoms with Gasteiger partial charge in [-0.25, -0.2) is 0 Å². The van der Waals surface area contributed by atoms with Gasteiger partial charge in [-0.15, -0.1) is 11.8 Å². The number of rotatable bonds is 0. The zero-order chi connectivity index (χ0) is 8.23. The Morgan fingerprint density at radius 3 is 3.08 bits per heavy atom. The molecule has 1 heterocycles. The van der Waals surface area contributed by atoms with Gasteiger partial charge in [-0.05, 0) is 12.7 Å². The van der Waals surface area contributed by atoms with Gasteiger partial charge < -0.3 is 0 Å². The summed E-state index contributed by atoms with van der Waals surface area (Å²) in [5, 5.41) is 0. The molecular formula is C11H11B. The lowest BCUT2D eigenvalue weighted by Crippen LogP contribution is -2.19. The molecule has 0 aliphatic carbocycles. The third kappa shape index (κ3) is 1.53. The predicted octanol–water partition coefficient (Wildman–Crippen LogP) is 1.12. The molecule has 1 aromatic carbocycles. The first-order valence-electron chi connectivity index (χ1n) is 4.49. The van der Waals surface area contributed by atoms with E-state index in [4.69, 9.17) is 0 Å². The Labute approximate surface area is 74.2 Å². The number of fused-ring (bicyclic) bond motifs is 1. The van der Waals surface area contributed by atoms with Gasteiger partial charge in [0.05, 0.1) is 0 Å². The van der Waals surface area contributed by atoms with E-state index in [9.17, 15) is 0 Å². The molecule has 58 valence electrons. The van der Waals surface area contributed by atoms with E-state index >= 15 is 0 Å². The minimum Gasteiger partial charge on any atom is -0.111 e. The van der Waals surface area contributed by atoms with E-state index in [2.05, 4.69) is 36.1 Å². The van der Waals surface area contributed by atoms with Crippen molar-refractivity contribution in [1.82, 2.24) is 0 Å². The number of aryl methyl sites for hydroxylation is 1.